The number of hydrazine groups is 1. The second kappa shape index (κ2) is 6.29. The van der Waals surface area contributed by atoms with E-state index in [9.17, 15) is 4.79 Å². The van der Waals surface area contributed by atoms with Crippen LogP contribution in [0.3, 0.4) is 0 Å². The molecule has 0 unspecified atom stereocenters. The SMILES string of the molecule is CC(C)NC(=S)NNC(=O)Cn1nnc2ccccc21. The zero-order valence-electron chi connectivity index (χ0n) is 11.3. The Bertz CT molecular complexity index is 623. The van der Waals surface area contributed by atoms with E-state index in [1.54, 1.807) is 0 Å². The predicted octanol–water partition coefficient (Wildman–Crippen LogP) is 0.335. The Balaban J connectivity index is 1.90. The fraction of sp³-hybridized carbons (Fsp3) is 0.333. The Morgan fingerprint density at radius 3 is 2.85 bits per heavy atom. The van der Waals surface area contributed by atoms with E-state index in [-0.39, 0.29) is 18.5 Å². The lowest BCUT2D eigenvalue weighted by molar-refractivity contribution is -0.122. The summed E-state index contributed by atoms with van der Waals surface area (Å²) >= 11 is 5.00. The molecule has 1 aromatic carbocycles. The molecule has 0 spiro atoms. The number of para-hydroxylation sites is 1. The average molecular weight is 292 g/mol. The molecule has 3 N–H and O–H groups in total. The minimum Gasteiger partial charge on any atom is -0.359 e. The van der Waals surface area contributed by atoms with Gasteiger partial charge in [-0.05, 0) is 38.2 Å². The van der Waals surface area contributed by atoms with Gasteiger partial charge in [0.15, 0.2) is 5.11 Å². The highest BCUT2D eigenvalue weighted by atomic mass is 32.1. The summed E-state index contributed by atoms with van der Waals surface area (Å²) in [7, 11) is 0. The van der Waals surface area contributed by atoms with Gasteiger partial charge in [-0.15, -0.1) is 5.10 Å². The summed E-state index contributed by atoms with van der Waals surface area (Å²) in [6.45, 7) is 3.98. The summed E-state index contributed by atoms with van der Waals surface area (Å²) in [5, 5.41) is 11.3. The van der Waals surface area contributed by atoms with Gasteiger partial charge < -0.3 is 5.32 Å². The van der Waals surface area contributed by atoms with Crippen molar-refractivity contribution in [2.24, 2.45) is 0 Å². The van der Waals surface area contributed by atoms with E-state index >= 15 is 0 Å². The molecular formula is C12H16N6OS. The van der Waals surface area contributed by atoms with Crippen LogP contribution in [-0.2, 0) is 11.3 Å². The third kappa shape index (κ3) is 3.64. The molecule has 0 saturated heterocycles. The number of hydrogen-bond donors (Lipinski definition) is 3. The van der Waals surface area contributed by atoms with Gasteiger partial charge in [0.1, 0.15) is 12.1 Å². The molecule has 106 valence electrons. The monoisotopic (exact) mass is 292 g/mol. The first-order chi connectivity index (χ1) is 9.56. The van der Waals surface area contributed by atoms with Crippen LogP contribution in [0.1, 0.15) is 13.8 Å². The van der Waals surface area contributed by atoms with E-state index in [0.717, 1.165) is 11.0 Å². The molecule has 1 amide bonds. The van der Waals surface area contributed by atoms with E-state index in [1.807, 2.05) is 38.1 Å². The fourth-order valence-electron chi connectivity index (χ4n) is 1.63. The molecule has 0 saturated carbocycles. The second-order valence-electron chi connectivity index (χ2n) is 4.54. The van der Waals surface area contributed by atoms with Crippen molar-refractivity contribution >= 4 is 34.3 Å². The van der Waals surface area contributed by atoms with Gasteiger partial charge in [-0.1, -0.05) is 17.3 Å². The summed E-state index contributed by atoms with van der Waals surface area (Å²) < 4.78 is 1.53. The number of carbonyl (C=O) groups excluding carboxylic acids is 1. The Labute approximate surface area is 121 Å². The molecule has 2 aromatic rings. The van der Waals surface area contributed by atoms with Gasteiger partial charge in [0.05, 0.1) is 5.52 Å². The van der Waals surface area contributed by atoms with Gasteiger partial charge in [0.25, 0.3) is 5.91 Å². The van der Waals surface area contributed by atoms with Gasteiger partial charge in [-0.3, -0.25) is 15.6 Å². The first-order valence-corrected chi connectivity index (χ1v) is 6.60. The van der Waals surface area contributed by atoms with Crippen LogP contribution < -0.4 is 16.2 Å². The number of nitrogens with one attached hydrogen (secondary N) is 3. The van der Waals surface area contributed by atoms with E-state index in [1.165, 1.54) is 4.68 Å². The molecule has 0 aliphatic carbocycles. The molecule has 8 heteroatoms. The third-order valence-corrected chi connectivity index (χ3v) is 2.67. The number of fused-ring (bicyclic) bond motifs is 1. The van der Waals surface area contributed by atoms with Crippen molar-refractivity contribution in [1.82, 2.24) is 31.2 Å². The normalized spacial score (nSPS) is 10.6. The lowest BCUT2D eigenvalue weighted by Gasteiger charge is -2.13. The van der Waals surface area contributed by atoms with Crippen LogP contribution >= 0.6 is 12.2 Å². The van der Waals surface area contributed by atoms with Gasteiger partial charge in [0.2, 0.25) is 0 Å². The molecule has 7 nitrogen and oxygen atoms in total. The van der Waals surface area contributed by atoms with Gasteiger partial charge >= 0.3 is 0 Å². The van der Waals surface area contributed by atoms with E-state index < -0.39 is 0 Å². The number of carbonyl (C=O) groups is 1. The molecule has 0 atom stereocenters. The highest BCUT2D eigenvalue weighted by Crippen LogP contribution is 2.08. The number of thiocarbonyl (C=S) groups is 1. The molecular weight excluding hydrogens is 276 g/mol. The van der Waals surface area contributed by atoms with Crippen molar-refractivity contribution in [3.8, 4) is 0 Å². The summed E-state index contributed by atoms with van der Waals surface area (Å²) in [5.74, 6) is -0.256. The minimum absolute atomic E-state index is 0.0673. The van der Waals surface area contributed by atoms with E-state index in [2.05, 4.69) is 26.5 Å². The number of amides is 1. The topological polar surface area (TPSA) is 83.9 Å². The quantitative estimate of drug-likeness (QED) is 0.559. The zero-order valence-corrected chi connectivity index (χ0v) is 12.1. The van der Waals surface area contributed by atoms with Crippen LogP contribution in [0.2, 0.25) is 0 Å². The number of hydrogen-bond acceptors (Lipinski definition) is 4. The van der Waals surface area contributed by atoms with Crippen molar-refractivity contribution in [3.63, 3.8) is 0 Å². The predicted molar refractivity (Wildman–Crippen MR) is 79.7 cm³/mol. The van der Waals surface area contributed by atoms with Crippen LogP contribution in [0.25, 0.3) is 11.0 Å². The molecule has 20 heavy (non-hydrogen) atoms. The van der Waals surface area contributed by atoms with Gasteiger partial charge in [0, 0.05) is 6.04 Å². The third-order valence-electron chi connectivity index (χ3n) is 2.45. The number of aromatic nitrogens is 3. The summed E-state index contributed by atoms with van der Waals surface area (Å²) in [5.41, 5.74) is 6.71. The molecule has 0 fully saturated rings. The van der Waals surface area contributed by atoms with Crippen LogP contribution in [0, 0.1) is 0 Å². The summed E-state index contributed by atoms with van der Waals surface area (Å²) in [4.78, 5) is 11.8. The van der Waals surface area contributed by atoms with Crippen LogP contribution in [0.4, 0.5) is 0 Å². The summed E-state index contributed by atoms with van der Waals surface area (Å²) in [6, 6.07) is 7.66. The van der Waals surface area contributed by atoms with E-state index in [0.29, 0.717) is 5.11 Å². The molecule has 2 rings (SSSR count). The first kappa shape index (κ1) is 14.2. The summed E-state index contributed by atoms with van der Waals surface area (Å²) in [6.07, 6.45) is 0. The second-order valence-corrected chi connectivity index (χ2v) is 4.95. The molecule has 1 aromatic heterocycles. The van der Waals surface area contributed by atoms with Gasteiger partial charge in [-0.2, -0.15) is 0 Å². The highest BCUT2D eigenvalue weighted by molar-refractivity contribution is 7.80. The standard InChI is InChI=1S/C12H16N6OS/c1-8(2)13-12(20)16-15-11(19)7-18-10-6-4-3-5-9(10)14-17-18/h3-6,8H,7H2,1-2H3,(H,15,19)(H2,13,16,20). The minimum atomic E-state index is -0.256. The Hall–Kier alpha value is -2.22. The maximum atomic E-state index is 11.8. The van der Waals surface area contributed by atoms with Crippen molar-refractivity contribution in [3.05, 3.63) is 24.3 Å². The van der Waals surface area contributed by atoms with Crippen LogP contribution in [0.15, 0.2) is 24.3 Å². The number of nitrogens with zero attached hydrogens (tertiary/aromatic N) is 3. The lowest BCUT2D eigenvalue weighted by Crippen LogP contribution is -2.49. The van der Waals surface area contributed by atoms with Crippen molar-refractivity contribution < 1.29 is 4.79 Å². The van der Waals surface area contributed by atoms with Gasteiger partial charge in [-0.25, -0.2) is 4.68 Å². The average Bonchev–Trinajstić information content (AvgIpc) is 2.79. The molecule has 0 aliphatic heterocycles. The van der Waals surface area contributed by atoms with Crippen molar-refractivity contribution in [2.75, 3.05) is 0 Å². The highest BCUT2D eigenvalue weighted by Gasteiger charge is 2.08. The maximum Gasteiger partial charge on any atom is 0.260 e. The molecule has 0 radical (unpaired) electrons. The largest absolute Gasteiger partial charge is 0.359 e. The molecule has 1 heterocycles. The Morgan fingerprint density at radius 1 is 1.35 bits per heavy atom. The fourth-order valence-corrected chi connectivity index (χ4v) is 1.92. The zero-order chi connectivity index (χ0) is 14.5. The van der Waals surface area contributed by atoms with Crippen molar-refractivity contribution in [2.45, 2.75) is 26.4 Å². The number of rotatable bonds is 3. The van der Waals surface area contributed by atoms with Crippen LogP contribution in [-0.4, -0.2) is 32.1 Å². The van der Waals surface area contributed by atoms with Crippen LogP contribution in [0.5, 0.6) is 0 Å². The molecule has 0 aliphatic rings. The van der Waals surface area contributed by atoms with Crippen molar-refractivity contribution in [1.29, 1.82) is 0 Å². The first-order valence-electron chi connectivity index (χ1n) is 6.20. The Morgan fingerprint density at radius 2 is 2.10 bits per heavy atom. The van der Waals surface area contributed by atoms with E-state index in [4.69, 9.17) is 12.2 Å². The smallest absolute Gasteiger partial charge is 0.260 e. The lowest BCUT2D eigenvalue weighted by atomic mass is 10.3. The molecule has 0 bridgehead atoms. The Kier molecular flexibility index (Phi) is 4.46. The number of benzene rings is 1. The maximum absolute atomic E-state index is 11.8.